The topological polar surface area (TPSA) is 48.1 Å². The second-order valence-corrected chi connectivity index (χ2v) is 7.58. The van der Waals surface area contributed by atoms with Crippen LogP contribution in [-0.4, -0.2) is 4.98 Å². The highest BCUT2D eigenvalue weighted by Crippen LogP contribution is 2.36. The van der Waals surface area contributed by atoms with Gasteiger partial charge in [-0.1, -0.05) is 32.9 Å². The van der Waals surface area contributed by atoms with Gasteiger partial charge in [0, 0.05) is 16.8 Å². The summed E-state index contributed by atoms with van der Waals surface area (Å²) < 4.78 is 6.00. The van der Waals surface area contributed by atoms with Gasteiger partial charge < -0.3 is 10.5 Å². The number of ether oxygens (including phenoxy) is 1. The molecule has 1 heterocycles. The number of benzene rings is 1. The first-order valence-corrected chi connectivity index (χ1v) is 8.28. The summed E-state index contributed by atoms with van der Waals surface area (Å²) in [7, 11) is 0. The van der Waals surface area contributed by atoms with Crippen molar-refractivity contribution < 1.29 is 4.74 Å². The predicted octanol–water partition coefficient (Wildman–Crippen LogP) is 3.97. The van der Waals surface area contributed by atoms with Crippen LogP contribution in [0.4, 0.5) is 0 Å². The van der Waals surface area contributed by atoms with E-state index >= 15 is 0 Å². The van der Waals surface area contributed by atoms with Gasteiger partial charge in [-0.2, -0.15) is 0 Å². The van der Waals surface area contributed by atoms with E-state index in [-0.39, 0.29) is 11.5 Å². The van der Waals surface area contributed by atoms with E-state index in [1.807, 2.05) is 12.1 Å². The van der Waals surface area contributed by atoms with Crippen molar-refractivity contribution in [2.24, 2.45) is 5.73 Å². The zero-order valence-electron chi connectivity index (χ0n) is 12.8. The lowest BCUT2D eigenvalue weighted by Gasteiger charge is -2.14. The molecule has 0 aliphatic heterocycles. The van der Waals surface area contributed by atoms with E-state index in [9.17, 15) is 0 Å². The lowest BCUT2D eigenvalue weighted by molar-refractivity contribution is 0.302. The van der Waals surface area contributed by atoms with E-state index in [1.165, 1.54) is 11.1 Å². The van der Waals surface area contributed by atoms with Crippen LogP contribution in [0, 0.1) is 0 Å². The molecule has 0 radical (unpaired) electrons. The maximum absolute atomic E-state index is 6.11. The summed E-state index contributed by atoms with van der Waals surface area (Å²) in [4.78, 5) is 4.67. The highest BCUT2D eigenvalue weighted by atomic mass is 32.1. The molecule has 1 unspecified atom stereocenters. The maximum Gasteiger partial charge on any atom is 0.140 e. The minimum Gasteiger partial charge on any atom is -0.486 e. The van der Waals surface area contributed by atoms with Crippen molar-refractivity contribution in [1.82, 2.24) is 4.98 Å². The Bertz CT molecular complexity index is 642. The van der Waals surface area contributed by atoms with Crippen LogP contribution < -0.4 is 10.5 Å². The van der Waals surface area contributed by atoms with Gasteiger partial charge in [-0.15, -0.1) is 11.3 Å². The second-order valence-electron chi connectivity index (χ2n) is 6.63. The number of nitrogens with two attached hydrogens (primary N) is 1. The van der Waals surface area contributed by atoms with Crippen molar-refractivity contribution >= 4 is 11.3 Å². The Hall–Kier alpha value is -1.39. The van der Waals surface area contributed by atoms with Gasteiger partial charge in [0.05, 0.1) is 5.69 Å². The van der Waals surface area contributed by atoms with Crippen molar-refractivity contribution in [3.8, 4) is 5.75 Å². The first-order valence-electron chi connectivity index (χ1n) is 7.40. The van der Waals surface area contributed by atoms with E-state index in [2.05, 4.69) is 37.2 Å². The molecule has 112 valence electrons. The Balaban J connectivity index is 1.73. The van der Waals surface area contributed by atoms with Gasteiger partial charge in [-0.25, -0.2) is 4.98 Å². The van der Waals surface area contributed by atoms with E-state index in [0.29, 0.717) is 6.61 Å². The normalized spacial score (nSPS) is 17.8. The Morgan fingerprint density at radius 2 is 2.19 bits per heavy atom. The average Bonchev–Trinajstić information content (AvgIpc) is 3.04. The highest BCUT2D eigenvalue weighted by Gasteiger charge is 2.22. The van der Waals surface area contributed by atoms with Gasteiger partial charge in [0.25, 0.3) is 0 Å². The third kappa shape index (κ3) is 2.97. The third-order valence-corrected chi connectivity index (χ3v) is 4.77. The van der Waals surface area contributed by atoms with Crippen LogP contribution in [0.2, 0.25) is 0 Å². The molecule has 0 fully saturated rings. The molecule has 1 aliphatic carbocycles. The summed E-state index contributed by atoms with van der Waals surface area (Å²) in [6.45, 7) is 7.07. The van der Waals surface area contributed by atoms with Gasteiger partial charge in [0.2, 0.25) is 0 Å². The molecule has 3 rings (SSSR count). The van der Waals surface area contributed by atoms with E-state index < -0.39 is 0 Å². The minimum atomic E-state index is 0.0928. The van der Waals surface area contributed by atoms with Gasteiger partial charge in [0.1, 0.15) is 17.4 Å². The molecule has 0 bridgehead atoms. The molecule has 2 aromatic rings. The summed E-state index contributed by atoms with van der Waals surface area (Å²) in [5.41, 5.74) is 9.85. The predicted molar refractivity (Wildman–Crippen MR) is 86.8 cm³/mol. The summed E-state index contributed by atoms with van der Waals surface area (Å²) in [5, 5.41) is 3.16. The highest BCUT2D eigenvalue weighted by molar-refractivity contribution is 7.09. The molecule has 1 aliphatic rings. The Kier molecular flexibility index (Phi) is 3.76. The van der Waals surface area contributed by atoms with Crippen molar-refractivity contribution in [3.63, 3.8) is 0 Å². The molecule has 21 heavy (non-hydrogen) atoms. The average molecular weight is 302 g/mol. The van der Waals surface area contributed by atoms with Gasteiger partial charge >= 0.3 is 0 Å². The van der Waals surface area contributed by atoms with Crippen LogP contribution in [-0.2, 0) is 18.4 Å². The third-order valence-electron chi connectivity index (χ3n) is 3.95. The van der Waals surface area contributed by atoms with E-state index in [1.54, 1.807) is 11.3 Å². The van der Waals surface area contributed by atoms with Crippen molar-refractivity contribution in [2.45, 2.75) is 51.7 Å². The first-order chi connectivity index (χ1) is 9.95. The van der Waals surface area contributed by atoms with Crippen LogP contribution in [0.15, 0.2) is 23.6 Å². The van der Waals surface area contributed by atoms with Crippen molar-refractivity contribution in [2.75, 3.05) is 0 Å². The number of aromatic nitrogens is 1. The molecule has 1 atom stereocenters. The fraction of sp³-hybridized carbons (Fsp3) is 0.471. The van der Waals surface area contributed by atoms with Gasteiger partial charge in [-0.05, 0) is 30.0 Å². The molecule has 3 nitrogen and oxygen atoms in total. The smallest absolute Gasteiger partial charge is 0.140 e. The first kappa shape index (κ1) is 14.5. The standard InChI is InChI=1S/C17H22N2OS/c1-17(2,3)15-10-21-16(19-15)9-20-14-6-4-5-11-12(14)7-8-13(11)18/h4-6,10,13H,7-9,18H2,1-3H3. The van der Waals surface area contributed by atoms with Crippen molar-refractivity contribution in [1.29, 1.82) is 0 Å². The molecule has 4 heteroatoms. The molecule has 0 spiro atoms. The van der Waals surface area contributed by atoms with Crippen molar-refractivity contribution in [3.05, 3.63) is 45.4 Å². The summed E-state index contributed by atoms with van der Waals surface area (Å²) in [6.07, 6.45) is 2.03. The quantitative estimate of drug-likeness (QED) is 0.933. The number of hydrogen-bond donors (Lipinski definition) is 1. The molecule has 1 aromatic carbocycles. The fourth-order valence-corrected chi connectivity index (χ4v) is 3.58. The number of nitrogens with zero attached hydrogens (tertiary/aromatic N) is 1. The Labute approximate surface area is 130 Å². The maximum atomic E-state index is 6.11. The second kappa shape index (κ2) is 5.43. The van der Waals surface area contributed by atoms with Gasteiger partial charge in [0.15, 0.2) is 0 Å². The van der Waals surface area contributed by atoms with E-state index in [4.69, 9.17) is 10.5 Å². The fourth-order valence-electron chi connectivity index (χ4n) is 2.65. The molecule has 0 saturated carbocycles. The number of rotatable bonds is 3. The molecule has 0 amide bonds. The summed E-state index contributed by atoms with van der Waals surface area (Å²) in [6, 6.07) is 6.34. The van der Waals surface area contributed by atoms with Crippen LogP contribution in [0.3, 0.4) is 0 Å². The molecule has 0 saturated heterocycles. The molecular weight excluding hydrogens is 280 g/mol. The van der Waals surface area contributed by atoms with E-state index in [0.717, 1.165) is 29.3 Å². The lowest BCUT2D eigenvalue weighted by atomic mass is 9.93. The monoisotopic (exact) mass is 302 g/mol. The van der Waals surface area contributed by atoms with Crippen LogP contribution in [0.5, 0.6) is 5.75 Å². The Morgan fingerprint density at radius 1 is 1.38 bits per heavy atom. The number of fused-ring (bicyclic) bond motifs is 1. The number of thiazole rings is 1. The zero-order valence-corrected chi connectivity index (χ0v) is 13.7. The zero-order chi connectivity index (χ0) is 15.0. The lowest BCUT2D eigenvalue weighted by Crippen LogP contribution is -2.11. The summed E-state index contributed by atoms with van der Waals surface area (Å²) >= 11 is 1.67. The minimum absolute atomic E-state index is 0.0928. The SMILES string of the molecule is CC(C)(C)c1csc(COc2cccc3c2CCC3N)n1. The summed E-state index contributed by atoms with van der Waals surface area (Å²) in [5.74, 6) is 0.966. The molecule has 2 N–H and O–H groups in total. The Morgan fingerprint density at radius 3 is 2.90 bits per heavy atom. The van der Waals surface area contributed by atoms with Crippen LogP contribution >= 0.6 is 11.3 Å². The number of hydrogen-bond acceptors (Lipinski definition) is 4. The largest absolute Gasteiger partial charge is 0.486 e. The molecular formula is C17H22N2OS. The van der Waals surface area contributed by atoms with Crippen LogP contribution in [0.25, 0.3) is 0 Å². The van der Waals surface area contributed by atoms with Gasteiger partial charge in [-0.3, -0.25) is 0 Å². The van der Waals surface area contributed by atoms with Crippen LogP contribution in [0.1, 0.15) is 55.1 Å². The molecule has 1 aromatic heterocycles.